The predicted molar refractivity (Wildman–Crippen MR) is 67.9 cm³/mol. The first kappa shape index (κ1) is 12.5. The predicted octanol–water partition coefficient (Wildman–Crippen LogP) is 3.04. The lowest BCUT2D eigenvalue weighted by Crippen LogP contribution is -2.01. The molecule has 0 bridgehead atoms. The Morgan fingerprint density at radius 1 is 1.33 bits per heavy atom. The van der Waals surface area contributed by atoms with Crippen molar-refractivity contribution >= 4 is 21.9 Å². The van der Waals surface area contributed by atoms with E-state index < -0.39 is 5.97 Å². The molecule has 0 aliphatic carbocycles. The van der Waals surface area contributed by atoms with Gasteiger partial charge in [0.25, 0.3) is 0 Å². The molecule has 0 aliphatic heterocycles. The minimum Gasteiger partial charge on any atom is -0.478 e. The van der Waals surface area contributed by atoms with Gasteiger partial charge < -0.3 is 9.84 Å². The van der Waals surface area contributed by atoms with Gasteiger partial charge in [-0.3, -0.25) is 0 Å². The van der Waals surface area contributed by atoms with Crippen LogP contribution in [-0.4, -0.2) is 21.0 Å². The Morgan fingerprint density at radius 2 is 2.00 bits per heavy atom. The summed E-state index contributed by atoms with van der Waals surface area (Å²) in [5.41, 5.74) is 0.972. The number of hydrogen-bond acceptors (Lipinski definition) is 4. The number of carboxylic acids is 1. The first-order valence-electron chi connectivity index (χ1n) is 5.05. The monoisotopic (exact) mass is 308 g/mol. The van der Waals surface area contributed by atoms with E-state index in [0.717, 1.165) is 10.0 Å². The number of hydrogen-bond donors (Lipinski definition) is 1. The molecule has 1 heterocycles. The molecule has 0 radical (unpaired) electrons. The van der Waals surface area contributed by atoms with Gasteiger partial charge in [-0.05, 0) is 40.5 Å². The molecule has 0 fully saturated rings. The minimum atomic E-state index is -1.05. The van der Waals surface area contributed by atoms with Crippen LogP contribution in [0.2, 0.25) is 0 Å². The van der Waals surface area contributed by atoms with Crippen LogP contribution in [0.5, 0.6) is 11.8 Å². The summed E-state index contributed by atoms with van der Waals surface area (Å²) >= 11 is 3.21. The average molecular weight is 309 g/mol. The Bertz CT molecular complexity index is 584. The number of ether oxygens (including phenoxy) is 1. The van der Waals surface area contributed by atoms with Gasteiger partial charge in [0.2, 0.25) is 0 Å². The van der Waals surface area contributed by atoms with Crippen LogP contribution in [0.15, 0.2) is 35.1 Å². The van der Waals surface area contributed by atoms with Gasteiger partial charge in [-0.25, -0.2) is 14.8 Å². The van der Waals surface area contributed by atoms with E-state index in [1.54, 1.807) is 12.1 Å². The van der Waals surface area contributed by atoms with Crippen LogP contribution < -0.4 is 4.74 Å². The van der Waals surface area contributed by atoms with E-state index in [4.69, 9.17) is 9.84 Å². The minimum absolute atomic E-state index is 0.0760. The number of carbonyl (C=O) groups is 1. The lowest BCUT2D eigenvalue weighted by molar-refractivity contribution is 0.0694. The third-order valence-corrected chi connectivity index (χ3v) is 2.57. The van der Waals surface area contributed by atoms with Crippen molar-refractivity contribution in [3.63, 3.8) is 0 Å². The van der Waals surface area contributed by atoms with Gasteiger partial charge in [0.1, 0.15) is 11.3 Å². The first-order valence-corrected chi connectivity index (χ1v) is 5.85. The lowest BCUT2D eigenvalue weighted by atomic mass is 10.1. The number of aryl methyl sites for hydroxylation is 1. The summed E-state index contributed by atoms with van der Waals surface area (Å²) in [5, 5.41) is 9.05. The third kappa shape index (κ3) is 2.84. The van der Waals surface area contributed by atoms with Crippen LogP contribution in [-0.2, 0) is 0 Å². The highest BCUT2D eigenvalue weighted by Gasteiger charge is 2.13. The van der Waals surface area contributed by atoms with Crippen LogP contribution in [0, 0.1) is 6.92 Å². The fraction of sp³-hybridized carbons (Fsp3) is 0.0833. The zero-order valence-electron chi connectivity index (χ0n) is 9.42. The highest BCUT2D eigenvalue weighted by Crippen LogP contribution is 2.24. The van der Waals surface area contributed by atoms with Crippen molar-refractivity contribution < 1.29 is 14.6 Å². The Morgan fingerprint density at radius 3 is 2.61 bits per heavy atom. The van der Waals surface area contributed by atoms with Crippen LogP contribution in [0.25, 0.3) is 0 Å². The standard InChI is InChI=1S/C12H9BrN2O3/c1-7-2-3-9(11(16)17)10(4-7)18-12-14-5-8(13)6-15-12/h2-6H,1H3,(H,16,17). The zero-order chi connectivity index (χ0) is 13.1. The van der Waals surface area contributed by atoms with Gasteiger partial charge >= 0.3 is 12.0 Å². The molecule has 1 aromatic carbocycles. The molecular formula is C12H9BrN2O3. The Balaban J connectivity index is 2.35. The van der Waals surface area contributed by atoms with Gasteiger partial charge in [0, 0.05) is 12.4 Å². The van der Waals surface area contributed by atoms with Crippen molar-refractivity contribution in [3.8, 4) is 11.8 Å². The van der Waals surface area contributed by atoms with E-state index in [2.05, 4.69) is 25.9 Å². The molecule has 0 saturated heterocycles. The van der Waals surface area contributed by atoms with E-state index in [1.165, 1.54) is 18.5 Å². The maximum atomic E-state index is 11.0. The SMILES string of the molecule is Cc1ccc(C(=O)O)c(Oc2ncc(Br)cn2)c1. The second-order valence-electron chi connectivity index (χ2n) is 3.59. The summed E-state index contributed by atoms with van der Waals surface area (Å²) in [6.45, 7) is 1.85. The molecule has 1 aromatic heterocycles. The average Bonchev–Trinajstić information content (AvgIpc) is 2.32. The molecule has 18 heavy (non-hydrogen) atoms. The highest BCUT2D eigenvalue weighted by atomic mass is 79.9. The third-order valence-electron chi connectivity index (χ3n) is 2.17. The summed E-state index contributed by atoms with van der Waals surface area (Å²) in [6.07, 6.45) is 3.05. The van der Waals surface area contributed by atoms with Crippen molar-refractivity contribution in [1.82, 2.24) is 9.97 Å². The molecule has 0 amide bonds. The topological polar surface area (TPSA) is 72.3 Å². The molecule has 6 heteroatoms. The summed E-state index contributed by atoms with van der Waals surface area (Å²) in [4.78, 5) is 18.9. The molecule has 0 saturated carbocycles. The van der Waals surface area contributed by atoms with Crippen molar-refractivity contribution in [2.45, 2.75) is 6.92 Å². The maximum absolute atomic E-state index is 11.0. The molecule has 2 rings (SSSR count). The van der Waals surface area contributed by atoms with E-state index in [0.29, 0.717) is 0 Å². The number of aromatic nitrogens is 2. The number of halogens is 1. The van der Waals surface area contributed by atoms with E-state index in [-0.39, 0.29) is 17.3 Å². The molecule has 0 atom stereocenters. The van der Waals surface area contributed by atoms with Gasteiger partial charge in [-0.2, -0.15) is 0 Å². The van der Waals surface area contributed by atoms with Crippen molar-refractivity contribution in [1.29, 1.82) is 0 Å². The molecule has 1 N–H and O–H groups in total. The van der Waals surface area contributed by atoms with Crippen molar-refractivity contribution in [2.24, 2.45) is 0 Å². The lowest BCUT2D eigenvalue weighted by Gasteiger charge is -2.07. The molecule has 0 spiro atoms. The van der Waals surface area contributed by atoms with E-state index >= 15 is 0 Å². The number of benzene rings is 1. The number of carboxylic acid groups (broad SMARTS) is 1. The second kappa shape index (κ2) is 5.14. The largest absolute Gasteiger partial charge is 0.478 e. The fourth-order valence-corrected chi connectivity index (χ4v) is 1.55. The second-order valence-corrected chi connectivity index (χ2v) is 4.51. The zero-order valence-corrected chi connectivity index (χ0v) is 11.0. The Labute approximate surface area is 112 Å². The van der Waals surface area contributed by atoms with E-state index in [1.807, 2.05) is 6.92 Å². The quantitative estimate of drug-likeness (QED) is 0.943. The normalized spacial score (nSPS) is 10.1. The van der Waals surface area contributed by atoms with E-state index in [9.17, 15) is 4.79 Å². The van der Waals surface area contributed by atoms with Gasteiger partial charge in [0.05, 0.1) is 4.47 Å². The van der Waals surface area contributed by atoms with Crippen LogP contribution in [0.4, 0.5) is 0 Å². The highest BCUT2D eigenvalue weighted by molar-refractivity contribution is 9.10. The molecule has 5 nitrogen and oxygen atoms in total. The number of nitrogens with zero attached hydrogens (tertiary/aromatic N) is 2. The van der Waals surface area contributed by atoms with Crippen LogP contribution >= 0.6 is 15.9 Å². The summed E-state index contributed by atoms with van der Waals surface area (Å²) in [7, 11) is 0. The Kier molecular flexibility index (Phi) is 3.57. The van der Waals surface area contributed by atoms with Crippen LogP contribution in [0.3, 0.4) is 0 Å². The van der Waals surface area contributed by atoms with Crippen molar-refractivity contribution in [2.75, 3.05) is 0 Å². The summed E-state index contributed by atoms with van der Waals surface area (Å²) < 4.78 is 6.10. The molecule has 0 aliphatic rings. The summed E-state index contributed by atoms with van der Waals surface area (Å²) in [6, 6.07) is 4.94. The molecular weight excluding hydrogens is 300 g/mol. The molecule has 0 unspecified atom stereocenters. The number of rotatable bonds is 3. The first-order chi connectivity index (χ1) is 8.56. The smallest absolute Gasteiger partial charge is 0.339 e. The van der Waals surface area contributed by atoms with Gasteiger partial charge in [-0.1, -0.05) is 6.07 Å². The Hall–Kier alpha value is -1.95. The summed E-state index contributed by atoms with van der Waals surface area (Å²) in [5.74, 6) is -0.827. The van der Waals surface area contributed by atoms with Crippen LogP contribution in [0.1, 0.15) is 15.9 Å². The van der Waals surface area contributed by atoms with Gasteiger partial charge in [0.15, 0.2) is 0 Å². The molecule has 92 valence electrons. The van der Waals surface area contributed by atoms with Crippen molar-refractivity contribution in [3.05, 3.63) is 46.2 Å². The van der Waals surface area contributed by atoms with Gasteiger partial charge in [-0.15, -0.1) is 0 Å². The number of aromatic carboxylic acids is 1. The maximum Gasteiger partial charge on any atom is 0.339 e. The molecule has 2 aromatic rings. The fourth-order valence-electron chi connectivity index (χ4n) is 1.34.